The molecule has 1 aromatic rings. The van der Waals surface area contributed by atoms with E-state index in [-0.39, 0.29) is 12.2 Å². The zero-order valence-electron chi connectivity index (χ0n) is 12.6. The van der Waals surface area contributed by atoms with Crippen molar-refractivity contribution in [3.05, 3.63) is 35.9 Å². The molecule has 0 atom stereocenters. The van der Waals surface area contributed by atoms with Gasteiger partial charge in [0.25, 0.3) is 0 Å². The van der Waals surface area contributed by atoms with Crippen molar-refractivity contribution in [3.8, 4) is 0 Å². The van der Waals surface area contributed by atoms with E-state index in [1.807, 2.05) is 27.7 Å². The summed E-state index contributed by atoms with van der Waals surface area (Å²) in [5.74, 6) is 0.766. The molecule has 0 heterocycles. The number of hydrogen-bond acceptors (Lipinski definition) is 2. The second-order valence-electron chi connectivity index (χ2n) is 5.37. The average molecular weight is 252 g/mol. The van der Waals surface area contributed by atoms with Crippen LogP contribution in [0, 0.1) is 5.92 Å². The van der Waals surface area contributed by atoms with Crippen LogP contribution in [0.1, 0.15) is 47.1 Å². The van der Waals surface area contributed by atoms with Gasteiger partial charge in [-0.05, 0) is 45.6 Å². The van der Waals surface area contributed by atoms with Crippen LogP contribution >= 0.6 is 0 Å². The van der Waals surface area contributed by atoms with E-state index < -0.39 is 0 Å². The lowest BCUT2D eigenvalue weighted by molar-refractivity contribution is -0.337. The average Bonchev–Trinajstić information content (AvgIpc) is 2.28. The Morgan fingerprint density at radius 3 is 1.56 bits per heavy atom. The maximum absolute atomic E-state index is 4.80. The van der Waals surface area contributed by atoms with Gasteiger partial charge >= 0.3 is 0 Å². The van der Waals surface area contributed by atoms with E-state index in [4.69, 9.17) is 9.78 Å². The van der Waals surface area contributed by atoms with Crippen LogP contribution in [-0.2, 0) is 16.2 Å². The van der Waals surface area contributed by atoms with Crippen molar-refractivity contribution in [2.24, 2.45) is 5.92 Å². The molecule has 0 unspecified atom stereocenters. The maximum Gasteiger partial charge on any atom is 0.0874 e. The fourth-order valence-corrected chi connectivity index (χ4v) is 1.31. The minimum absolute atomic E-state index is 0.164. The van der Waals surface area contributed by atoms with E-state index in [2.05, 4.69) is 44.2 Å². The molecule has 0 aliphatic rings. The fourth-order valence-electron chi connectivity index (χ4n) is 1.31. The predicted octanol–water partition coefficient (Wildman–Crippen LogP) is 4.64. The standard InChI is InChI=1S/C10H14.C6H14O2/c1-9(2)8-10-6-4-3-5-7-10;1-5(2)7-8-6(3)4/h3-7,9H,8H2,1-2H3;5-6H,1-4H3. The van der Waals surface area contributed by atoms with Crippen molar-refractivity contribution < 1.29 is 9.78 Å². The molecule has 1 aromatic carbocycles. The lowest BCUT2D eigenvalue weighted by Gasteiger charge is -2.08. The van der Waals surface area contributed by atoms with E-state index in [0.717, 1.165) is 5.92 Å². The molecule has 2 heteroatoms. The van der Waals surface area contributed by atoms with Crippen LogP contribution in [-0.4, -0.2) is 12.2 Å². The van der Waals surface area contributed by atoms with Gasteiger partial charge in [0, 0.05) is 0 Å². The van der Waals surface area contributed by atoms with E-state index in [1.165, 1.54) is 12.0 Å². The van der Waals surface area contributed by atoms with E-state index in [0.29, 0.717) is 0 Å². The van der Waals surface area contributed by atoms with Gasteiger partial charge in [-0.3, -0.25) is 0 Å². The van der Waals surface area contributed by atoms with Crippen molar-refractivity contribution in [1.82, 2.24) is 0 Å². The van der Waals surface area contributed by atoms with Gasteiger partial charge in [0.15, 0.2) is 0 Å². The summed E-state index contributed by atoms with van der Waals surface area (Å²) in [5.41, 5.74) is 1.44. The molecule has 0 aliphatic heterocycles. The smallest absolute Gasteiger partial charge is 0.0874 e. The Kier molecular flexibility index (Phi) is 9.62. The van der Waals surface area contributed by atoms with Crippen LogP contribution in [0.15, 0.2) is 30.3 Å². The van der Waals surface area contributed by atoms with Crippen molar-refractivity contribution in [1.29, 1.82) is 0 Å². The largest absolute Gasteiger partial charge is 0.234 e. The summed E-state index contributed by atoms with van der Waals surface area (Å²) in [6.07, 6.45) is 1.52. The van der Waals surface area contributed by atoms with Crippen LogP contribution in [0.4, 0.5) is 0 Å². The van der Waals surface area contributed by atoms with Gasteiger partial charge in [0.2, 0.25) is 0 Å². The van der Waals surface area contributed by atoms with Gasteiger partial charge < -0.3 is 0 Å². The molecule has 18 heavy (non-hydrogen) atoms. The first-order chi connectivity index (χ1) is 8.41. The molecule has 0 spiro atoms. The first-order valence-corrected chi connectivity index (χ1v) is 6.77. The molecule has 2 nitrogen and oxygen atoms in total. The van der Waals surface area contributed by atoms with E-state index >= 15 is 0 Å². The molecule has 0 saturated heterocycles. The van der Waals surface area contributed by atoms with Crippen LogP contribution in [0.25, 0.3) is 0 Å². The first kappa shape index (κ1) is 17.1. The Balaban J connectivity index is 0.000000331. The molecule has 0 aromatic heterocycles. The Morgan fingerprint density at radius 1 is 0.778 bits per heavy atom. The molecular formula is C16H28O2. The van der Waals surface area contributed by atoms with Gasteiger partial charge in [0.05, 0.1) is 12.2 Å². The quantitative estimate of drug-likeness (QED) is 0.561. The van der Waals surface area contributed by atoms with Crippen molar-refractivity contribution >= 4 is 0 Å². The molecule has 0 bridgehead atoms. The van der Waals surface area contributed by atoms with E-state index in [9.17, 15) is 0 Å². The Labute approximate surface area is 112 Å². The minimum Gasteiger partial charge on any atom is -0.234 e. The third-order valence-electron chi connectivity index (χ3n) is 1.93. The Morgan fingerprint density at radius 2 is 1.22 bits per heavy atom. The monoisotopic (exact) mass is 252 g/mol. The summed E-state index contributed by atoms with van der Waals surface area (Å²) < 4.78 is 0. The van der Waals surface area contributed by atoms with Gasteiger partial charge in [-0.1, -0.05) is 44.2 Å². The van der Waals surface area contributed by atoms with Gasteiger partial charge in [-0.25, -0.2) is 9.78 Å². The molecule has 0 aliphatic carbocycles. The molecule has 104 valence electrons. The highest BCUT2D eigenvalue weighted by molar-refractivity contribution is 5.14. The molecule has 0 saturated carbocycles. The highest BCUT2D eigenvalue weighted by Gasteiger charge is 1.95. The lowest BCUT2D eigenvalue weighted by atomic mass is 10.0. The fraction of sp³-hybridized carbons (Fsp3) is 0.625. The third kappa shape index (κ3) is 11.6. The topological polar surface area (TPSA) is 18.5 Å². The molecule has 1 rings (SSSR count). The summed E-state index contributed by atoms with van der Waals surface area (Å²) in [5, 5.41) is 0. The number of benzene rings is 1. The number of rotatable bonds is 5. The molecule has 0 radical (unpaired) electrons. The second-order valence-corrected chi connectivity index (χ2v) is 5.37. The Bertz CT molecular complexity index is 270. The van der Waals surface area contributed by atoms with Crippen LogP contribution in [0.5, 0.6) is 0 Å². The summed E-state index contributed by atoms with van der Waals surface area (Å²) in [4.78, 5) is 9.61. The second kappa shape index (κ2) is 10.1. The Hall–Kier alpha value is -0.860. The summed E-state index contributed by atoms with van der Waals surface area (Å²) in [6, 6.07) is 10.6. The normalized spacial score (nSPS) is 10.7. The van der Waals surface area contributed by atoms with Gasteiger partial charge in [0.1, 0.15) is 0 Å². The predicted molar refractivity (Wildman–Crippen MR) is 77.4 cm³/mol. The molecule has 0 N–H and O–H groups in total. The van der Waals surface area contributed by atoms with E-state index in [1.54, 1.807) is 0 Å². The summed E-state index contributed by atoms with van der Waals surface area (Å²) in [6.45, 7) is 12.2. The first-order valence-electron chi connectivity index (χ1n) is 6.77. The highest BCUT2D eigenvalue weighted by atomic mass is 17.2. The van der Waals surface area contributed by atoms with Crippen molar-refractivity contribution in [2.75, 3.05) is 0 Å². The van der Waals surface area contributed by atoms with Crippen LogP contribution in [0.2, 0.25) is 0 Å². The van der Waals surface area contributed by atoms with Crippen LogP contribution in [0.3, 0.4) is 0 Å². The van der Waals surface area contributed by atoms with Crippen molar-refractivity contribution in [3.63, 3.8) is 0 Å². The maximum atomic E-state index is 4.80. The van der Waals surface area contributed by atoms with Gasteiger partial charge in [-0.2, -0.15) is 0 Å². The molecular weight excluding hydrogens is 224 g/mol. The van der Waals surface area contributed by atoms with Gasteiger partial charge in [-0.15, -0.1) is 0 Å². The zero-order chi connectivity index (χ0) is 14.0. The molecule has 0 amide bonds. The highest BCUT2D eigenvalue weighted by Crippen LogP contribution is 2.06. The molecule has 0 fully saturated rings. The minimum atomic E-state index is 0.164. The SMILES string of the molecule is CC(C)Cc1ccccc1.CC(C)OOC(C)C. The van der Waals surface area contributed by atoms with Crippen LogP contribution < -0.4 is 0 Å². The third-order valence-corrected chi connectivity index (χ3v) is 1.93. The number of hydrogen-bond donors (Lipinski definition) is 0. The van der Waals surface area contributed by atoms with Crippen molar-refractivity contribution in [2.45, 2.75) is 60.2 Å². The summed E-state index contributed by atoms with van der Waals surface area (Å²) >= 11 is 0. The zero-order valence-corrected chi connectivity index (χ0v) is 12.6. The lowest BCUT2D eigenvalue weighted by Crippen LogP contribution is -2.08. The summed E-state index contributed by atoms with van der Waals surface area (Å²) in [7, 11) is 0.